The van der Waals surface area contributed by atoms with E-state index in [0.717, 1.165) is 5.92 Å². The second-order valence-electron chi connectivity index (χ2n) is 6.38. The molecule has 1 fully saturated rings. The Morgan fingerprint density at radius 1 is 1.33 bits per heavy atom. The Labute approximate surface area is 95.4 Å². The Morgan fingerprint density at radius 3 is 2.53 bits per heavy atom. The van der Waals surface area contributed by atoms with E-state index < -0.39 is 0 Å². The number of nitrogens with one attached hydrogen (secondary N) is 1. The van der Waals surface area contributed by atoms with E-state index in [9.17, 15) is 0 Å². The molecular formula is C13H28N2. The molecule has 90 valence electrons. The van der Waals surface area contributed by atoms with E-state index >= 15 is 0 Å². The summed E-state index contributed by atoms with van der Waals surface area (Å²) in [5.41, 5.74) is 0.375. The van der Waals surface area contributed by atoms with Crippen molar-refractivity contribution in [1.82, 2.24) is 10.2 Å². The zero-order valence-corrected chi connectivity index (χ0v) is 11.1. The van der Waals surface area contributed by atoms with Crippen LogP contribution in [-0.2, 0) is 0 Å². The largest absolute Gasteiger partial charge is 0.312 e. The molecule has 1 heterocycles. The molecule has 0 aromatic rings. The van der Waals surface area contributed by atoms with Crippen molar-refractivity contribution in [2.75, 3.05) is 26.2 Å². The Kier molecular flexibility index (Phi) is 4.60. The van der Waals surface area contributed by atoms with E-state index in [-0.39, 0.29) is 0 Å². The molecule has 1 N–H and O–H groups in total. The maximum absolute atomic E-state index is 3.68. The van der Waals surface area contributed by atoms with Crippen LogP contribution in [0.3, 0.4) is 0 Å². The van der Waals surface area contributed by atoms with Gasteiger partial charge in [0.2, 0.25) is 0 Å². The minimum atomic E-state index is 0.375. The predicted molar refractivity (Wildman–Crippen MR) is 67.1 cm³/mol. The molecule has 1 unspecified atom stereocenters. The van der Waals surface area contributed by atoms with Gasteiger partial charge in [-0.05, 0) is 30.8 Å². The highest BCUT2D eigenvalue weighted by Gasteiger charge is 2.27. The lowest BCUT2D eigenvalue weighted by Gasteiger charge is -2.34. The summed E-state index contributed by atoms with van der Waals surface area (Å²) >= 11 is 0. The zero-order chi connectivity index (χ0) is 11.5. The highest BCUT2D eigenvalue weighted by atomic mass is 15.2. The van der Waals surface area contributed by atoms with Crippen molar-refractivity contribution in [3.05, 3.63) is 0 Å². The lowest BCUT2D eigenvalue weighted by molar-refractivity contribution is 0.184. The molecule has 1 rings (SSSR count). The second-order valence-corrected chi connectivity index (χ2v) is 6.38. The third-order valence-electron chi connectivity index (χ3n) is 3.15. The molecule has 2 nitrogen and oxygen atoms in total. The smallest absolute Gasteiger partial charge is 0.0243 e. The van der Waals surface area contributed by atoms with Gasteiger partial charge in [-0.3, -0.25) is 0 Å². The first-order chi connectivity index (χ1) is 6.89. The molecule has 0 radical (unpaired) electrons. The fourth-order valence-electron chi connectivity index (χ4n) is 2.26. The first-order valence-corrected chi connectivity index (χ1v) is 6.35. The van der Waals surface area contributed by atoms with Crippen molar-refractivity contribution in [3.63, 3.8) is 0 Å². The van der Waals surface area contributed by atoms with E-state index in [1.807, 2.05) is 0 Å². The van der Waals surface area contributed by atoms with Crippen LogP contribution >= 0.6 is 0 Å². The summed E-state index contributed by atoms with van der Waals surface area (Å²) in [4.78, 5) is 2.63. The van der Waals surface area contributed by atoms with Gasteiger partial charge in [-0.15, -0.1) is 0 Å². The average molecular weight is 212 g/mol. The molecule has 15 heavy (non-hydrogen) atoms. The van der Waals surface area contributed by atoms with Gasteiger partial charge in [0.25, 0.3) is 0 Å². The number of nitrogens with zero attached hydrogens (tertiary/aromatic N) is 1. The van der Waals surface area contributed by atoms with Gasteiger partial charge in [0, 0.05) is 19.1 Å². The predicted octanol–water partition coefficient (Wildman–Crippen LogP) is 2.35. The van der Waals surface area contributed by atoms with E-state index in [4.69, 9.17) is 0 Å². The molecular weight excluding hydrogens is 184 g/mol. The summed E-state index contributed by atoms with van der Waals surface area (Å²) in [5, 5.41) is 3.68. The van der Waals surface area contributed by atoms with Crippen LogP contribution in [0.4, 0.5) is 0 Å². The average Bonchev–Trinajstić information content (AvgIpc) is 2.27. The van der Waals surface area contributed by atoms with Crippen LogP contribution in [0.5, 0.6) is 0 Å². The van der Waals surface area contributed by atoms with Crippen LogP contribution in [0.15, 0.2) is 0 Å². The topological polar surface area (TPSA) is 15.3 Å². The van der Waals surface area contributed by atoms with Gasteiger partial charge in [0.05, 0.1) is 0 Å². The van der Waals surface area contributed by atoms with Crippen LogP contribution in [0.2, 0.25) is 0 Å². The summed E-state index contributed by atoms with van der Waals surface area (Å²) < 4.78 is 0. The number of hydrogen-bond acceptors (Lipinski definition) is 2. The highest BCUT2D eigenvalue weighted by molar-refractivity contribution is 4.85. The summed E-state index contributed by atoms with van der Waals surface area (Å²) in [5.74, 6) is 0.781. The third kappa shape index (κ3) is 4.52. The highest BCUT2D eigenvalue weighted by Crippen LogP contribution is 2.21. The van der Waals surface area contributed by atoms with Crippen molar-refractivity contribution >= 4 is 0 Å². The molecule has 0 spiro atoms. The summed E-state index contributed by atoms with van der Waals surface area (Å²) in [6.45, 7) is 16.5. The van der Waals surface area contributed by atoms with Gasteiger partial charge in [0.1, 0.15) is 0 Å². The summed E-state index contributed by atoms with van der Waals surface area (Å²) in [6.07, 6.45) is 1.29. The SMILES string of the molecule is CC(C)CN1CCCNC(C(C)(C)C)C1. The van der Waals surface area contributed by atoms with Crippen molar-refractivity contribution in [1.29, 1.82) is 0 Å². The molecule has 0 aliphatic carbocycles. The molecule has 2 heteroatoms. The molecule has 0 amide bonds. The Balaban J connectivity index is 2.53. The van der Waals surface area contributed by atoms with E-state index in [0.29, 0.717) is 11.5 Å². The van der Waals surface area contributed by atoms with Crippen LogP contribution in [0.25, 0.3) is 0 Å². The normalized spacial score (nSPS) is 25.6. The van der Waals surface area contributed by atoms with Gasteiger partial charge in [-0.2, -0.15) is 0 Å². The first-order valence-electron chi connectivity index (χ1n) is 6.35. The molecule has 1 aliphatic rings. The van der Waals surface area contributed by atoms with Gasteiger partial charge in [-0.1, -0.05) is 34.6 Å². The fourth-order valence-corrected chi connectivity index (χ4v) is 2.26. The summed E-state index contributed by atoms with van der Waals surface area (Å²) in [7, 11) is 0. The zero-order valence-electron chi connectivity index (χ0n) is 11.1. The standard InChI is InChI=1S/C13H28N2/c1-11(2)9-15-8-6-7-14-12(10-15)13(3,4)5/h11-12,14H,6-10H2,1-5H3. The van der Waals surface area contributed by atoms with Gasteiger partial charge in [-0.25, -0.2) is 0 Å². The summed E-state index contributed by atoms with van der Waals surface area (Å²) in [6, 6.07) is 0.638. The van der Waals surface area contributed by atoms with E-state index in [2.05, 4.69) is 44.8 Å². The first kappa shape index (κ1) is 13.0. The lowest BCUT2D eigenvalue weighted by atomic mass is 9.86. The molecule has 0 bridgehead atoms. The molecule has 1 atom stereocenters. The monoisotopic (exact) mass is 212 g/mol. The Morgan fingerprint density at radius 2 is 2.00 bits per heavy atom. The number of rotatable bonds is 2. The third-order valence-corrected chi connectivity index (χ3v) is 3.15. The van der Waals surface area contributed by atoms with Gasteiger partial charge < -0.3 is 10.2 Å². The van der Waals surface area contributed by atoms with E-state index in [1.54, 1.807) is 0 Å². The van der Waals surface area contributed by atoms with Crippen LogP contribution in [-0.4, -0.2) is 37.1 Å². The van der Waals surface area contributed by atoms with Gasteiger partial charge in [0.15, 0.2) is 0 Å². The minimum absolute atomic E-state index is 0.375. The quantitative estimate of drug-likeness (QED) is 0.756. The van der Waals surface area contributed by atoms with Crippen molar-refractivity contribution in [2.45, 2.75) is 47.1 Å². The maximum atomic E-state index is 3.68. The Bertz CT molecular complexity index is 181. The van der Waals surface area contributed by atoms with Crippen LogP contribution in [0.1, 0.15) is 41.0 Å². The molecule has 0 aromatic carbocycles. The van der Waals surface area contributed by atoms with Crippen molar-refractivity contribution in [2.24, 2.45) is 11.3 Å². The molecule has 1 aliphatic heterocycles. The van der Waals surface area contributed by atoms with Crippen molar-refractivity contribution in [3.8, 4) is 0 Å². The fraction of sp³-hybridized carbons (Fsp3) is 1.00. The van der Waals surface area contributed by atoms with Crippen molar-refractivity contribution < 1.29 is 0 Å². The second kappa shape index (κ2) is 5.31. The molecule has 0 saturated carbocycles. The molecule has 1 saturated heterocycles. The van der Waals surface area contributed by atoms with E-state index in [1.165, 1.54) is 32.6 Å². The minimum Gasteiger partial charge on any atom is -0.312 e. The lowest BCUT2D eigenvalue weighted by Crippen LogP contribution is -2.46. The van der Waals surface area contributed by atoms with Crippen LogP contribution in [0, 0.1) is 11.3 Å². The Hall–Kier alpha value is -0.0800. The number of hydrogen-bond donors (Lipinski definition) is 1. The maximum Gasteiger partial charge on any atom is 0.0243 e. The molecule has 0 aromatic heterocycles. The van der Waals surface area contributed by atoms with Crippen LogP contribution < -0.4 is 5.32 Å². The van der Waals surface area contributed by atoms with Gasteiger partial charge >= 0.3 is 0 Å².